The van der Waals surface area contributed by atoms with Crippen molar-refractivity contribution in [3.8, 4) is 5.75 Å². The first-order chi connectivity index (χ1) is 9.46. The van der Waals surface area contributed by atoms with Crippen molar-refractivity contribution in [1.82, 2.24) is 10.3 Å². The molecule has 2 N–H and O–H groups in total. The van der Waals surface area contributed by atoms with Gasteiger partial charge in [0.1, 0.15) is 18.0 Å². The number of aromatic nitrogens is 1. The van der Waals surface area contributed by atoms with Gasteiger partial charge in [-0.25, -0.2) is 0 Å². The maximum Gasteiger partial charge on any atom is 0.352 e. The smallest absolute Gasteiger partial charge is 0.352 e. The summed E-state index contributed by atoms with van der Waals surface area (Å²) in [7, 11) is 0. The van der Waals surface area contributed by atoms with E-state index < -0.39 is 17.4 Å². The number of alkyl halides is 2. The molecule has 0 aromatic carbocycles. The first kappa shape index (κ1) is 14.6. The molecular formula is C13H16F2N2O3. The Bertz CT molecular complexity index is 464. The number of nitrogens with zero attached hydrogens (tertiary/aromatic N) is 1. The highest BCUT2D eigenvalue weighted by atomic mass is 19.3. The lowest BCUT2D eigenvalue weighted by molar-refractivity contribution is -0.215. The molecule has 0 aliphatic heterocycles. The van der Waals surface area contributed by atoms with Crippen molar-refractivity contribution in [2.75, 3.05) is 13.2 Å². The molecule has 0 bridgehead atoms. The van der Waals surface area contributed by atoms with Crippen molar-refractivity contribution >= 4 is 5.91 Å². The van der Waals surface area contributed by atoms with Crippen LogP contribution in [0, 0.1) is 0 Å². The van der Waals surface area contributed by atoms with Gasteiger partial charge in [-0.15, -0.1) is 0 Å². The molecule has 1 aromatic heterocycles. The van der Waals surface area contributed by atoms with Gasteiger partial charge in [0.2, 0.25) is 0 Å². The number of halogens is 2. The van der Waals surface area contributed by atoms with Crippen molar-refractivity contribution in [3.63, 3.8) is 0 Å². The van der Waals surface area contributed by atoms with Gasteiger partial charge in [0, 0.05) is 6.20 Å². The number of carbonyl (C=O) groups excluding carboxylic acids is 1. The Kier molecular flexibility index (Phi) is 4.17. The zero-order valence-electron chi connectivity index (χ0n) is 10.8. The molecule has 5 nitrogen and oxygen atoms in total. The summed E-state index contributed by atoms with van der Waals surface area (Å²) < 4.78 is 32.6. The fourth-order valence-corrected chi connectivity index (χ4v) is 1.91. The fraction of sp³-hybridized carbons (Fsp3) is 0.538. The van der Waals surface area contributed by atoms with E-state index in [1.54, 1.807) is 18.3 Å². The second-order valence-electron chi connectivity index (χ2n) is 4.75. The molecule has 2 rings (SSSR count). The Morgan fingerprint density at radius 2 is 2.30 bits per heavy atom. The van der Waals surface area contributed by atoms with Crippen LogP contribution in [0.2, 0.25) is 0 Å². The molecule has 0 radical (unpaired) electrons. The number of pyridine rings is 1. The maximum atomic E-state index is 13.7. The lowest BCUT2D eigenvalue weighted by Crippen LogP contribution is -2.60. The first-order valence-corrected chi connectivity index (χ1v) is 6.37. The van der Waals surface area contributed by atoms with Crippen LogP contribution < -0.4 is 10.1 Å². The summed E-state index contributed by atoms with van der Waals surface area (Å²) >= 11 is 0. The van der Waals surface area contributed by atoms with E-state index in [0.29, 0.717) is 12.2 Å². The number of aliphatic hydroxyl groups is 1. The van der Waals surface area contributed by atoms with Crippen LogP contribution in [0.3, 0.4) is 0 Å². The van der Waals surface area contributed by atoms with E-state index in [9.17, 15) is 18.7 Å². The van der Waals surface area contributed by atoms with Crippen LogP contribution in [0.1, 0.15) is 19.3 Å². The Balaban J connectivity index is 1.75. The van der Waals surface area contributed by atoms with E-state index in [2.05, 4.69) is 10.3 Å². The highest BCUT2D eigenvalue weighted by Crippen LogP contribution is 2.44. The van der Waals surface area contributed by atoms with Crippen molar-refractivity contribution in [3.05, 3.63) is 24.5 Å². The first-order valence-electron chi connectivity index (χ1n) is 6.37. The van der Waals surface area contributed by atoms with Crippen molar-refractivity contribution < 1.29 is 23.4 Å². The van der Waals surface area contributed by atoms with Crippen molar-refractivity contribution in [2.45, 2.75) is 30.8 Å². The maximum absolute atomic E-state index is 13.7. The van der Waals surface area contributed by atoms with Crippen LogP contribution in [-0.2, 0) is 4.79 Å². The van der Waals surface area contributed by atoms with Crippen LogP contribution in [0.5, 0.6) is 5.75 Å². The molecule has 1 aromatic rings. The number of amides is 1. The minimum absolute atomic E-state index is 0.0476. The topological polar surface area (TPSA) is 71.5 Å². The van der Waals surface area contributed by atoms with Crippen LogP contribution >= 0.6 is 0 Å². The minimum Gasteiger partial charge on any atom is -0.490 e. The van der Waals surface area contributed by atoms with Gasteiger partial charge in [0.05, 0.1) is 12.7 Å². The lowest BCUT2D eigenvalue weighted by atomic mass is 9.75. The zero-order chi connectivity index (χ0) is 14.6. The molecule has 1 saturated carbocycles. The lowest BCUT2D eigenvalue weighted by Gasteiger charge is -2.41. The second-order valence-corrected chi connectivity index (χ2v) is 4.75. The monoisotopic (exact) mass is 286 g/mol. The minimum atomic E-state index is -3.76. The molecule has 1 aliphatic carbocycles. The molecule has 1 aliphatic rings. The van der Waals surface area contributed by atoms with Crippen molar-refractivity contribution in [1.29, 1.82) is 0 Å². The Labute approximate surface area is 115 Å². The van der Waals surface area contributed by atoms with E-state index in [0.717, 1.165) is 0 Å². The molecule has 1 fully saturated rings. The number of hydrogen-bond acceptors (Lipinski definition) is 4. The summed E-state index contributed by atoms with van der Waals surface area (Å²) in [5.74, 6) is -4.74. The quantitative estimate of drug-likeness (QED) is 0.769. The third-order valence-corrected chi connectivity index (χ3v) is 3.34. The predicted molar refractivity (Wildman–Crippen MR) is 66.5 cm³/mol. The molecule has 7 heteroatoms. The van der Waals surface area contributed by atoms with Gasteiger partial charge >= 0.3 is 5.92 Å². The molecule has 1 amide bonds. The zero-order valence-corrected chi connectivity index (χ0v) is 10.8. The highest BCUT2D eigenvalue weighted by Gasteiger charge is 2.60. The Morgan fingerprint density at radius 3 is 2.85 bits per heavy atom. The van der Waals surface area contributed by atoms with E-state index in [1.807, 2.05) is 0 Å². The molecule has 0 spiro atoms. The summed E-state index contributed by atoms with van der Waals surface area (Å²) in [5, 5.41) is 11.7. The van der Waals surface area contributed by atoms with Crippen LogP contribution in [0.25, 0.3) is 0 Å². The third-order valence-electron chi connectivity index (χ3n) is 3.34. The molecule has 0 atom stereocenters. The predicted octanol–water partition coefficient (Wildman–Crippen LogP) is 1.13. The van der Waals surface area contributed by atoms with Gasteiger partial charge < -0.3 is 15.2 Å². The number of carbonyl (C=O) groups is 1. The largest absolute Gasteiger partial charge is 0.490 e. The summed E-state index contributed by atoms with van der Waals surface area (Å²) in [4.78, 5) is 15.2. The van der Waals surface area contributed by atoms with Crippen molar-refractivity contribution in [2.24, 2.45) is 0 Å². The molecule has 0 unspecified atom stereocenters. The number of hydrogen-bond donors (Lipinski definition) is 2. The van der Waals surface area contributed by atoms with Crippen LogP contribution in [0.4, 0.5) is 8.78 Å². The standard InChI is InChI=1S/C13H16F2N2O3/c14-13(15,12(19)4-2-5-12)11(18)17-7-8-20-10-3-1-6-16-9-10/h1,3,6,9,19H,2,4-5,7-8H2,(H,17,18). The Hall–Kier alpha value is -1.76. The van der Waals surface area contributed by atoms with E-state index in [1.165, 1.54) is 6.20 Å². The summed E-state index contributed by atoms with van der Waals surface area (Å²) in [5.41, 5.74) is -2.19. The van der Waals surface area contributed by atoms with Gasteiger partial charge in [0.15, 0.2) is 0 Å². The summed E-state index contributed by atoms with van der Waals surface area (Å²) in [6.45, 7) is -0.0225. The van der Waals surface area contributed by atoms with E-state index in [4.69, 9.17) is 4.74 Å². The average Bonchev–Trinajstić information content (AvgIpc) is 2.41. The van der Waals surface area contributed by atoms with Gasteiger partial charge in [-0.05, 0) is 31.4 Å². The van der Waals surface area contributed by atoms with E-state index >= 15 is 0 Å². The van der Waals surface area contributed by atoms with Crippen LogP contribution in [-0.4, -0.2) is 40.7 Å². The average molecular weight is 286 g/mol. The normalized spacial score (nSPS) is 17.1. The van der Waals surface area contributed by atoms with Gasteiger partial charge in [-0.3, -0.25) is 9.78 Å². The molecule has 110 valence electrons. The number of nitrogens with one attached hydrogen (secondary N) is 1. The molecular weight excluding hydrogens is 270 g/mol. The highest BCUT2D eigenvalue weighted by molar-refractivity contribution is 5.85. The molecule has 0 saturated heterocycles. The Morgan fingerprint density at radius 1 is 1.55 bits per heavy atom. The number of rotatable bonds is 6. The second kappa shape index (κ2) is 5.70. The van der Waals surface area contributed by atoms with Crippen LogP contribution in [0.15, 0.2) is 24.5 Å². The van der Waals surface area contributed by atoms with E-state index in [-0.39, 0.29) is 26.0 Å². The van der Waals surface area contributed by atoms with Gasteiger partial charge in [-0.1, -0.05) is 0 Å². The molecule has 1 heterocycles. The third kappa shape index (κ3) is 2.87. The number of ether oxygens (including phenoxy) is 1. The molecule has 20 heavy (non-hydrogen) atoms. The summed E-state index contributed by atoms with van der Waals surface area (Å²) in [6.07, 6.45) is 3.45. The van der Waals surface area contributed by atoms with Gasteiger partial charge in [-0.2, -0.15) is 8.78 Å². The summed E-state index contributed by atoms with van der Waals surface area (Å²) in [6, 6.07) is 3.34. The fourth-order valence-electron chi connectivity index (χ4n) is 1.91. The van der Waals surface area contributed by atoms with Gasteiger partial charge in [0.25, 0.3) is 5.91 Å². The SMILES string of the molecule is O=C(NCCOc1cccnc1)C(F)(F)C1(O)CCC1.